The first kappa shape index (κ1) is 14.7. The fourth-order valence-electron chi connectivity index (χ4n) is 3.62. The van der Waals surface area contributed by atoms with Crippen molar-refractivity contribution in [3.8, 4) is 0 Å². The molecule has 0 N–H and O–H groups in total. The van der Waals surface area contributed by atoms with E-state index < -0.39 is 0 Å². The first-order valence-electron chi connectivity index (χ1n) is 7.90. The fraction of sp³-hybridized carbons (Fsp3) is 0.333. The molecule has 1 aromatic carbocycles. The molecule has 1 atom stereocenters. The lowest BCUT2D eigenvalue weighted by Gasteiger charge is -2.26. The summed E-state index contributed by atoms with van der Waals surface area (Å²) in [6.07, 6.45) is 6.44. The zero-order valence-corrected chi connectivity index (χ0v) is 14.1. The highest BCUT2D eigenvalue weighted by atomic mass is 35.5. The Bertz CT molecular complexity index is 856. The van der Waals surface area contributed by atoms with Crippen LogP contribution in [-0.2, 0) is 13.0 Å². The number of nitrogens with zero attached hydrogens (tertiary/aromatic N) is 4. The predicted molar refractivity (Wildman–Crippen MR) is 92.8 cm³/mol. The van der Waals surface area contributed by atoms with Crippen LogP contribution in [0.5, 0.6) is 0 Å². The van der Waals surface area contributed by atoms with E-state index in [2.05, 4.69) is 45.5 Å². The lowest BCUT2D eigenvalue weighted by molar-refractivity contribution is 0.308. The van der Waals surface area contributed by atoms with Crippen molar-refractivity contribution in [1.29, 1.82) is 0 Å². The number of aromatic nitrogens is 3. The molecule has 3 aromatic rings. The van der Waals surface area contributed by atoms with E-state index in [9.17, 15) is 0 Å². The first-order chi connectivity index (χ1) is 11.1. The van der Waals surface area contributed by atoms with Crippen LogP contribution in [-0.4, -0.2) is 33.0 Å². The van der Waals surface area contributed by atoms with E-state index in [1.807, 2.05) is 18.5 Å². The molecule has 0 fully saturated rings. The minimum atomic E-state index is 0.201. The van der Waals surface area contributed by atoms with Crippen LogP contribution in [0.4, 0.5) is 0 Å². The number of rotatable bonds is 2. The van der Waals surface area contributed by atoms with Crippen molar-refractivity contribution in [2.45, 2.75) is 25.9 Å². The smallest absolute Gasteiger partial charge is 0.115 e. The average Bonchev–Trinajstić information content (AvgIpc) is 2.88. The lowest BCUT2D eigenvalue weighted by atomic mass is 10.0. The largest absolute Gasteiger partial charge is 0.337 e. The number of fused-ring (bicyclic) bond motifs is 3. The van der Waals surface area contributed by atoms with Crippen LogP contribution < -0.4 is 0 Å². The third-order valence-electron chi connectivity index (χ3n) is 4.79. The van der Waals surface area contributed by atoms with Crippen molar-refractivity contribution in [3.63, 3.8) is 0 Å². The molecule has 0 radical (unpaired) electrons. The number of likely N-dealkylation sites (N-methyl/N-ethyl adjacent to an activating group) is 1. The Kier molecular flexibility index (Phi) is 3.58. The monoisotopic (exact) mass is 326 g/mol. The quantitative estimate of drug-likeness (QED) is 0.720. The molecule has 0 aliphatic carbocycles. The standard InChI is InChI=1S/C18H19ClN4/c1-12(13-8-20-11-21-9-13)23-17-4-3-14(19)7-15(17)16-10-22(2)6-5-18(16)23/h3-4,7-9,11-12H,5-6,10H2,1-2H3. The van der Waals surface area contributed by atoms with Crippen molar-refractivity contribution < 1.29 is 0 Å². The maximum Gasteiger partial charge on any atom is 0.115 e. The Balaban J connectivity index is 1.96. The van der Waals surface area contributed by atoms with Gasteiger partial charge in [-0.2, -0.15) is 0 Å². The third kappa shape index (κ3) is 2.42. The van der Waals surface area contributed by atoms with Gasteiger partial charge in [0.2, 0.25) is 0 Å². The van der Waals surface area contributed by atoms with Gasteiger partial charge in [-0.1, -0.05) is 11.6 Å². The van der Waals surface area contributed by atoms with E-state index in [0.29, 0.717) is 0 Å². The lowest BCUT2D eigenvalue weighted by Crippen LogP contribution is -2.28. The van der Waals surface area contributed by atoms with Crippen LogP contribution in [0.1, 0.15) is 29.8 Å². The van der Waals surface area contributed by atoms with E-state index in [1.54, 1.807) is 6.33 Å². The predicted octanol–water partition coefficient (Wildman–Crippen LogP) is 3.68. The van der Waals surface area contributed by atoms with Crippen molar-refractivity contribution in [2.24, 2.45) is 0 Å². The highest BCUT2D eigenvalue weighted by Gasteiger charge is 2.25. The highest BCUT2D eigenvalue weighted by Crippen LogP contribution is 2.36. The molecule has 1 unspecified atom stereocenters. The Labute approximate surface area is 140 Å². The van der Waals surface area contributed by atoms with E-state index >= 15 is 0 Å². The summed E-state index contributed by atoms with van der Waals surface area (Å²) in [5, 5.41) is 2.06. The fourth-order valence-corrected chi connectivity index (χ4v) is 3.79. The summed E-state index contributed by atoms with van der Waals surface area (Å²) in [7, 11) is 2.17. The number of benzene rings is 1. The Morgan fingerprint density at radius 1 is 1.22 bits per heavy atom. The van der Waals surface area contributed by atoms with Crippen LogP contribution >= 0.6 is 11.6 Å². The summed E-state index contributed by atoms with van der Waals surface area (Å²) in [6.45, 7) is 4.26. The van der Waals surface area contributed by atoms with Crippen LogP contribution in [0.2, 0.25) is 5.02 Å². The molecule has 0 amide bonds. The molecule has 4 nitrogen and oxygen atoms in total. The average molecular weight is 327 g/mol. The maximum absolute atomic E-state index is 6.26. The van der Waals surface area contributed by atoms with Crippen molar-refractivity contribution in [3.05, 3.63) is 58.8 Å². The Morgan fingerprint density at radius 2 is 2.00 bits per heavy atom. The summed E-state index contributed by atoms with van der Waals surface area (Å²) >= 11 is 6.26. The summed E-state index contributed by atoms with van der Waals surface area (Å²) in [5.41, 5.74) is 5.18. The minimum absolute atomic E-state index is 0.201. The molecule has 3 heterocycles. The van der Waals surface area contributed by atoms with Gasteiger partial charge in [0.25, 0.3) is 0 Å². The van der Waals surface area contributed by atoms with E-state index in [0.717, 1.165) is 30.1 Å². The molecule has 1 aliphatic rings. The summed E-state index contributed by atoms with van der Waals surface area (Å²) in [4.78, 5) is 10.7. The van der Waals surface area contributed by atoms with Gasteiger partial charge in [0.05, 0.1) is 6.04 Å². The molecular weight excluding hydrogens is 308 g/mol. The Hall–Kier alpha value is -1.91. The molecule has 2 aromatic heterocycles. The van der Waals surface area contributed by atoms with E-state index in [-0.39, 0.29) is 6.04 Å². The van der Waals surface area contributed by atoms with E-state index in [1.165, 1.54) is 22.2 Å². The Morgan fingerprint density at radius 3 is 2.78 bits per heavy atom. The molecule has 1 aliphatic heterocycles. The molecule has 4 rings (SSSR count). The molecule has 0 saturated carbocycles. The molecular formula is C18H19ClN4. The second-order valence-electron chi connectivity index (χ2n) is 6.29. The molecule has 118 valence electrons. The second-order valence-corrected chi connectivity index (χ2v) is 6.73. The number of hydrogen-bond donors (Lipinski definition) is 0. The zero-order valence-electron chi connectivity index (χ0n) is 13.3. The van der Waals surface area contributed by atoms with Crippen molar-refractivity contribution in [2.75, 3.05) is 13.6 Å². The van der Waals surface area contributed by atoms with Crippen molar-refractivity contribution >= 4 is 22.5 Å². The van der Waals surface area contributed by atoms with Crippen LogP contribution in [0.3, 0.4) is 0 Å². The van der Waals surface area contributed by atoms with Gasteiger partial charge in [-0.05, 0) is 37.7 Å². The molecule has 0 spiro atoms. The minimum Gasteiger partial charge on any atom is -0.337 e. The first-order valence-corrected chi connectivity index (χ1v) is 8.27. The van der Waals surface area contributed by atoms with Gasteiger partial charge in [0.1, 0.15) is 6.33 Å². The number of hydrogen-bond acceptors (Lipinski definition) is 3. The summed E-state index contributed by atoms with van der Waals surface area (Å²) in [6, 6.07) is 6.41. The molecule has 0 saturated heterocycles. The van der Waals surface area contributed by atoms with E-state index in [4.69, 9.17) is 11.6 Å². The van der Waals surface area contributed by atoms with Gasteiger partial charge in [0, 0.05) is 59.1 Å². The SMILES string of the molecule is CC(c1cncnc1)n1c2c(c3cc(Cl)ccc31)CN(C)CC2. The summed E-state index contributed by atoms with van der Waals surface area (Å²) in [5.74, 6) is 0. The zero-order chi connectivity index (χ0) is 16.0. The second kappa shape index (κ2) is 5.62. The van der Waals surface area contributed by atoms with Crippen molar-refractivity contribution in [1.82, 2.24) is 19.4 Å². The maximum atomic E-state index is 6.26. The van der Waals surface area contributed by atoms with Gasteiger partial charge in [0.15, 0.2) is 0 Å². The van der Waals surface area contributed by atoms with Gasteiger partial charge >= 0.3 is 0 Å². The molecule has 23 heavy (non-hydrogen) atoms. The van der Waals surface area contributed by atoms with Gasteiger partial charge in [-0.15, -0.1) is 0 Å². The molecule has 0 bridgehead atoms. The van der Waals surface area contributed by atoms with Crippen LogP contribution in [0.25, 0.3) is 10.9 Å². The number of halogens is 1. The molecule has 5 heteroatoms. The van der Waals surface area contributed by atoms with Gasteiger partial charge in [-0.25, -0.2) is 9.97 Å². The van der Waals surface area contributed by atoms with Crippen LogP contribution in [0, 0.1) is 0 Å². The highest BCUT2D eigenvalue weighted by molar-refractivity contribution is 6.31. The summed E-state index contributed by atoms with van der Waals surface area (Å²) < 4.78 is 2.44. The van der Waals surface area contributed by atoms with Gasteiger partial charge in [-0.3, -0.25) is 0 Å². The third-order valence-corrected chi connectivity index (χ3v) is 5.03. The topological polar surface area (TPSA) is 34.0 Å². The van der Waals surface area contributed by atoms with Crippen LogP contribution in [0.15, 0.2) is 36.9 Å². The normalized spacial score (nSPS) is 16.5. The van der Waals surface area contributed by atoms with Gasteiger partial charge < -0.3 is 9.47 Å².